The minimum absolute atomic E-state index is 0.0320. The number of Topliss-reactive ketones (excluding diaryl/α,β-unsaturated/α-hetero) is 1. The molecule has 2 heterocycles. The summed E-state index contributed by atoms with van der Waals surface area (Å²) in [6.07, 6.45) is 0. The van der Waals surface area contributed by atoms with Crippen molar-refractivity contribution in [1.82, 2.24) is 14.1 Å². The van der Waals surface area contributed by atoms with Crippen LogP contribution in [0.2, 0.25) is 0 Å². The van der Waals surface area contributed by atoms with Gasteiger partial charge in [-0.2, -0.15) is 0 Å². The standard InChI is InChI=1S/C27H27N3O5S/c1-28-13-15-30(16-14-28)24(31)18-35-27-22-9-5-6-10-23(22)36(33,34)29(2)25(27)26(32)21-12-11-19-7-3-4-8-20(19)17-21/h3-12,17H,13-16,18H2,1-2H3. The lowest BCUT2D eigenvalue weighted by molar-refractivity contribution is -0.135. The van der Waals surface area contributed by atoms with E-state index in [-0.39, 0.29) is 34.4 Å². The average molecular weight is 506 g/mol. The van der Waals surface area contributed by atoms with Crippen molar-refractivity contribution in [2.45, 2.75) is 4.90 Å². The lowest BCUT2D eigenvalue weighted by atomic mass is 10.0. The second-order valence-corrected chi connectivity index (χ2v) is 10.9. The number of allylic oxidation sites excluding steroid dienone is 1. The van der Waals surface area contributed by atoms with Crippen molar-refractivity contribution in [2.75, 3.05) is 46.9 Å². The number of likely N-dealkylation sites (N-methyl/N-ethyl adjacent to an activating group) is 2. The van der Waals surface area contributed by atoms with Crippen molar-refractivity contribution in [3.05, 3.63) is 83.6 Å². The third-order valence-electron chi connectivity index (χ3n) is 6.72. The summed E-state index contributed by atoms with van der Waals surface area (Å²) in [5, 5.41) is 1.82. The molecule has 0 atom stereocenters. The third kappa shape index (κ3) is 4.25. The number of piperazine rings is 1. The van der Waals surface area contributed by atoms with E-state index in [0.29, 0.717) is 18.7 Å². The predicted molar refractivity (Wildman–Crippen MR) is 137 cm³/mol. The summed E-state index contributed by atoms with van der Waals surface area (Å²) in [5.74, 6) is -0.617. The molecule has 2 aliphatic heterocycles. The molecule has 1 amide bonds. The second-order valence-electron chi connectivity index (χ2n) is 9.01. The number of ether oxygens (including phenoxy) is 1. The zero-order chi connectivity index (χ0) is 25.4. The van der Waals surface area contributed by atoms with E-state index in [0.717, 1.165) is 28.2 Å². The SMILES string of the molecule is CN1CCN(C(=O)COC2=C(C(=O)c3ccc4ccccc4c3)N(C)S(=O)(=O)c3ccccc32)CC1. The maximum Gasteiger partial charge on any atom is 0.265 e. The van der Waals surface area contributed by atoms with E-state index < -0.39 is 15.8 Å². The van der Waals surface area contributed by atoms with Gasteiger partial charge >= 0.3 is 0 Å². The first-order valence-corrected chi connectivity index (χ1v) is 13.2. The van der Waals surface area contributed by atoms with E-state index in [1.54, 1.807) is 35.2 Å². The number of hydrogen-bond donors (Lipinski definition) is 0. The molecular weight excluding hydrogens is 478 g/mol. The molecular formula is C27H27N3O5S. The number of hydrogen-bond acceptors (Lipinski definition) is 6. The molecule has 0 N–H and O–H groups in total. The van der Waals surface area contributed by atoms with Crippen LogP contribution in [0.3, 0.4) is 0 Å². The smallest absolute Gasteiger partial charge is 0.265 e. The summed E-state index contributed by atoms with van der Waals surface area (Å²) >= 11 is 0. The van der Waals surface area contributed by atoms with Gasteiger partial charge in [0.1, 0.15) is 5.70 Å². The molecule has 0 spiro atoms. The number of carbonyl (C=O) groups excluding carboxylic acids is 2. The molecule has 0 aliphatic carbocycles. The van der Waals surface area contributed by atoms with Crippen LogP contribution in [0.1, 0.15) is 15.9 Å². The van der Waals surface area contributed by atoms with Crippen molar-refractivity contribution >= 4 is 38.2 Å². The Kier molecular flexibility index (Phi) is 6.27. The minimum atomic E-state index is -3.99. The van der Waals surface area contributed by atoms with E-state index in [1.165, 1.54) is 13.1 Å². The molecule has 0 aromatic heterocycles. The second kappa shape index (κ2) is 9.40. The van der Waals surface area contributed by atoms with Gasteiger partial charge in [-0.15, -0.1) is 0 Å². The third-order valence-corrected chi connectivity index (χ3v) is 8.54. The van der Waals surface area contributed by atoms with Crippen LogP contribution >= 0.6 is 0 Å². The Balaban J connectivity index is 1.56. The fourth-order valence-electron chi connectivity index (χ4n) is 4.56. The zero-order valence-electron chi connectivity index (χ0n) is 20.2. The van der Waals surface area contributed by atoms with E-state index in [1.807, 2.05) is 37.4 Å². The van der Waals surface area contributed by atoms with E-state index >= 15 is 0 Å². The molecule has 3 aromatic rings. The fourth-order valence-corrected chi connectivity index (χ4v) is 5.95. The summed E-state index contributed by atoms with van der Waals surface area (Å²) in [6, 6.07) is 19.2. The van der Waals surface area contributed by atoms with Crippen LogP contribution in [0, 0.1) is 0 Å². The highest BCUT2D eigenvalue weighted by Crippen LogP contribution is 2.38. The van der Waals surface area contributed by atoms with Crippen LogP contribution in [0.15, 0.2) is 77.3 Å². The normalized spacial score (nSPS) is 17.7. The number of fused-ring (bicyclic) bond motifs is 2. The number of benzene rings is 3. The Hall–Kier alpha value is -3.69. The Morgan fingerprint density at radius 2 is 1.53 bits per heavy atom. The van der Waals surface area contributed by atoms with Gasteiger partial charge in [0.25, 0.3) is 15.9 Å². The first-order chi connectivity index (χ1) is 17.3. The van der Waals surface area contributed by atoms with Crippen LogP contribution in [0.4, 0.5) is 0 Å². The maximum atomic E-state index is 13.8. The van der Waals surface area contributed by atoms with E-state index in [4.69, 9.17) is 4.74 Å². The monoisotopic (exact) mass is 505 g/mol. The van der Waals surface area contributed by atoms with Crippen molar-refractivity contribution in [3.63, 3.8) is 0 Å². The number of carbonyl (C=O) groups is 2. The molecule has 2 aliphatic rings. The predicted octanol–water partition coefficient (Wildman–Crippen LogP) is 2.82. The molecule has 0 unspecified atom stereocenters. The quantitative estimate of drug-likeness (QED) is 0.496. The lowest BCUT2D eigenvalue weighted by Crippen LogP contribution is -2.48. The van der Waals surface area contributed by atoms with Crippen LogP contribution in [-0.2, 0) is 19.6 Å². The Morgan fingerprint density at radius 3 is 2.28 bits per heavy atom. The van der Waals surface area contributed by atoms with Gasteiger partial charge in [0.05, 0.1) is 4.90 Å². The van der Waals surface area contributed by atoms with Crippen LogP contribution in [0.5, 0.6) is 0 Å². The number of rotatable bonds is 5. The van der Waals surface area contributed by atoms with Crippen LogP contribution in [-0.4, -0.2) is 81.1 Å². The molecule has 1 fully saturated rings. The summed E-state index contributed by atoms with van der Waals surface area (Å²) in [6.45, 7) is 2.42. The highest BCUT2D eigenvalue weighted by atomic mass is 32.2. The lowest BCUT2D eigenvalue weighted by Gasteiger charge is -2.33. The largest absolute Gasteiger partial charge is 0.481 e. The molecule has 186 valence electrons. The van der Waals surface area contributed by atoms with Crippen molar-refractivity contribution in [2.24, 2.45) is 0 Å². The number of amides is 1. The molecule has 9 heteroatoms. The van der Waals surface area contributed by atoms with Gasteiger partial charge in [-0.05, 0) is 36.0 Å². The number of sulfonamides is 1. The van der Waals surface area contributed by atoms with Gasteiger partial charge in [-0.1, -0.05) is 48.5 Å². The fraction of sp³-hybridized carbons (Fsp3) is 0.259. The Labute approximate surface area is 210 Å². The summed E-state index contributed by atoms with van der Waals surface area (Å²) in [7, 11) is -0.648. The number of ketones is 1. The first-order valence-electron chi connectivity index (χ1n) is 11.7. The van der Waals surface area contributed by atoms with E-state index in [9.17, 15) is 18.0 Å². The zero-order valence-corrected chi connectivity index (χ0v) is 21.0. The van der Waals surface area contributed by atoms with Crippen molar-refractivity contribution in [1.29, 1.82) is 0 Å². The van der Waals surface area contributed by atoms with Gasteiger partial charge in [0, 0.05) is 44.4 Å². The highest BCUT2D eigenvalue weighted by Gasteiger charge is 2.39. The number of nitrogens with zero attached hydrogens (tertiary/aromatic N) is 3. The Bertz CT molecular complexity index is 1490. The average Bonchev–Trinajstić information content (AvgIpc) is 2.89. The highest BCUT2D eigenvalue weighted by molar-refractivity contribution is 7.89. The molecule has 36 heavy (non-hydrogen) atoms. The first kappa shape index (κ1) is 24.0. The van der Waals surface area contributed by atoms with Gasteiger partial charge < -0.3 is 14.5 Å². The molecule has 3 aromatic carbocycles. The van der Waals surface area contributed by atoms with E-state index in [2.05, 4.69) is 4.90 Å². The van der Waals surface area contributed by atoms with Crippen LogP contribution in [0.25, 0.3) is 16.5 Å². The Morgan fingerprint density at radius 1 is 0.861 bits per heavy atom. The molecule has 5 rings (SSSR count). The van der Waals surface area contributed by atoms with Crippen molar-refractivity contribution in [3.8, 4) is 0 Å². The molecule has 8 nitrogen and oxygen atoms in total. The van der Waals surface area contributed by atoms with Gasteiger partial charge in [-0.3, -0.25) is 13.9 Å². The molecule has 0 bridgehead atoms. The topological polar surface area (TPSA) is 87.2 Å². The van der Waals surface area contributed by atoms with Gasteiger partial charge in [0.15, 0.2) is 12.4 Å². The summed E-state index contributed by atoms with van der Waals surface area (Å²) in [5.41, 5.74) is 0.484. The van der Waals surface area contributed by atoms with Crippen molar-refractivity contribution < 1.29 is 22.7 Å². The van der Waals surface area contributed by atoms with Gasteiger partial charge in [-0.25, -0.2) is 8.42 Å². The minimum Gasteiger partial charge on any atom is -0.481 e. The van der Waals surface area contributed by atoms with Crippen LogP contribution < -0.4 is 0 Å². The van der Waals surface area contributed by atoms with Gasteiger partial charge in [0.2, 0.25) is 5.78 Å². The molecule has 1 saturated heterocycles. The summed E-state index contributed by atoms with van der Waals surface area (Å²) in [4.78, 5) is 30.6. The maximum absolute atomic E-state index is 13.8. The molecule has 0 saturated carbocycles. The molecule has 0 radical (unpaired) electrons. The summed E-state index contributed by atoms with van der Waals surface area (Å²) < 4.78 is 33.6.